The number of hydrogen-bond donors (Lipinski definition) is 2. The minimum atomic E-state index is 0.271. The van der Waals surface area contributed by atoms with Gasteiger partial charge in [-0.1, -0.05) is 18.6 Å². The molecule has 1 aliphatic carbocycles. The molecule has 4 heteroatoms. The fourth-order valence-corrected chi connectivity index (χ4v) is 2.86. The zero-order valence-electron chi connectivity index (χ0n) is 11.7. The van der Waals surface area contributed by atoms with Crippen molar-refractivity contribution in [3.63, 3.8) is 0 Å². The van der Waals surface area contributed by atoms with E-state index in [-0.39, 0.29) is 6.61 Å². The average Bonchev–Trinajstić information content (AvgIpc) is 2.91. The summed E-state index contributed by atoms with van der Waals surface area (Å²) in [6.07, 6.45) is 3.44. The van der Waals surface area contributed by atoms with Gasteiger partial charge in [-0.15, -0.1) is 0 Å². The molecule has 4 nitrogen and oxygen atoms in total. The topological polar surface area (TPSA) is 50.7 Å². The molecule has 106 valence electrons. The summed E-state index contributed by atoms with van der Waals surface area (Å²) in [6.45, 7) is 1.01. The minimum Gasteiger partial charge on any atom is -0.493 e. The number of hydrogen-bond acceptors (Lipinski definition) is 4. The predicted molar refractivity (Wildman–Crippen MR) is 74.6 cm³/mol. The van der Waals surface area contributed by atoms with Crippen molar-refractivity contribution >= 4 is 0 Å². The minimum absolute atomic E-state index is 0.271. The van der Waals surface area contributed by atoms with Gasteiger partial charge in [0.15, 0.2) is 11.5 Å². The molecular formula is C15H23NO3. The van der Waals surface area contributed by atoms with Gasteiger partial charge in [-0.05, 0) is 24.8 Å². The van der Waals surface area contributed by atoms with E-state index in [1.54, 1.807) is 14.2 Å². The second-order valence-corrected chi connectivity index (χ2v) is 5.01. The van der Waals surface area contributed by atoms with E-state index in [4.69, 9.17) is 9.47 Å². The molecule has 1 fully saturated rings. The summed E-state index contributed by atoms with van der Waals surface area (Å²) in [5.41, 5.74) is 1.09. The van der Waals surface area contributed by atoms with E-state index in [1.807, 2.05) is 18.2 Å². The molecule has 0 aromatic heterocycles. The molecule has 0 amide bonds. The first-order chi connectivity index (χ1) is 9.30. The fourth-order valence-electron chi connectivity index (χ4n) is 2.86. The molecule has 2 rings (SSSR count). The summed E-state index contributed by atoms with van der Waals surface area (Å²) in [7, 11) is 3.31. The summed E-state index contributed by atoms with van der Waals surface area (Å²) in [4.78, 5) is 0. The van der Waals surface area contributed by atoms with Crippen LogP contribution in [0.3, 0.4) is 0 Å². The van der Waals surface area contributed by atoms with E-state index in [9.17, 15) is 5.11 Å². The van der Waals surface area contributed by atoms with Crippen LogP contribution >= 0.6 is 0 Å². The van der Waals surface area contributed by atoms with Crippen molar-refractivity contribution in [3.05, 3.63) is 23.8 Å². The van der Waals surface area contributed by atoms with Gasteiger partial charge in [-0.3, -0.25) is 0 Å². The van der Waals surface area contributed by atoms with E-state index in [2.05, 4.69) is 5.32 Å². The molecule has 19 heavy (non-hydrogen) atoms. The molecule has 0 radical (unpaired) electrons. The lowest BCUT2D eigenvalue weighted by molar-refractivity contribution is 0.205. The summed E-state index contributed by atoms with van der Waals surface area (Å²) in [6, 6.07) is 6.31. The second-order valence-electron chi connectivity index (χ2n) is 5.01. The predicted octanol–water partition coefficient (Wildman–Crippen LogP) is 1.95. The molecule has 0 aliphatic heterocycles. The lowest BCUT2D eigenvalue weighted by Crippen LogP contribution is -2.33. The quantitative estimate of drug-likeness (QED) is 0.825. The second kappa shape index (κ2) is 6.78. The molecule has 2 N–H and O–H groups in total. The molecule has 1 saturated carbocycles. The summed E-state index contributed by atoms with van der Waals surface area (Å²) in [5, 5.41) is 12.9. The molecule has 2 unspecified atom stereocenters. The van der Waals surface area contributed by atoms with Crippen LogP contribution < -0.4 is 14.8 Å². The molecule has 1 aromatic carbocycles. The molecule has 1 aromatic rings. The SMILES string of the molecule is COc1cccc(CNC2CCCC2CO)c1OC. The first kappa shape index (κ1) is 14.2. The smallest absolute Gasteiger partial charge is 0.165 e. The number of ether oxygens (including phenoxy) is 2. The maximum absolute atomic E-state index is 9.33. The molecule has 2 atom stereocenters. The third-order valence-electron chi connectivity index (χ3n) is 3.93. The normalized spacial score (nSPS) is 22.5. The number of aliphatic hydroxyl groups is 1. The van der Waals surface area contributed by atoms with Gasteiger partial charge in [0, 0.05) is 24.8 Å². The molecule has 0 heterocycles. The van der Waals surface area contributed by atoms with Crippen LogP contribution in [0.4, 0.5) is 0 Å². The van der Waals surface area contributed by atoms with Crippen LogP contribution in [-0.2, 0) is 6.54 Å². The zero-order valence-corrected chi connectivity index (χ0v) is 11.7. The van der Waals surface area contributed by atoms with E-state index >= 15 is 0 Å². The van der Waals surface area contributed by atoms with E-state index in [0.717, 1.165) is 36.4 Å². The van der Waals surface area contributed by atoms with E-state index in [0.29, 0.717) is 12.0 Å². The number of nitrogens with one attached hydrogen (secondary N) is 1. The van der Waals surface area contributed by atoms with Crippen LogP contribution in [0, 0.1) is 5.92 Å². The first-order valence-electron chi connectivity index (χ1n) is 6.84. The van der Waals surface area contributed by atoms with Crippen molar-refractivity contribution in [2.24, 2.45) is 5.92 Å². The Labute approximate surface area is 114 Å². The first-order valence-corrected chi connectivity index (χ1v) is 6.84. The molecular weight excluding hydrogens is 242 g/mol. The highest BCUT2D eigenvalue weighted by atomic mass is 16.5. The molecule has 0 bridgehead atoms. The molecule has 1 aliphatic rings. The van der Waals surface area contributed by atoms with Gasteiger partial charge < -0.3 is 19.9 Å². The van der Waals surface area contributed by atoms with E-state index in [1.165, 1.54) is 6.42 Å². The third kappa shape index (κ3) is 3.19. The van der Waals surface area contributed by atoms with Gasteiger partial charge in [-0.25, -0.2) is 0 Å². The highest BCUT2D eigenvalue weighted by Gasteiger charge is 2.26. The van der Waals surface area contributed by atoms with Gasteiger partial charge in [0.2, 0.25) is 0 Å². The van der Waals surface area contributed by atoms with Crippen LogP contribution in [0.1, 0.15) is 24.8 Å². The molecule has 0 spiro atoms. The number of methoxy groups -OCH3 is 2. The summed E-state index contributed by atoms with van der Waals surface area (Å²) in [5.74, 6) is 1.93. The van der Waals surface area contributed by atoms with Gasteiger partial charge in [0.25, 0.3) is 0 Å². The Morgan fingerprint density at radius 3 is 2.79 bits per heavy atom. The Kier molecular flexibility index (Phi) is 5.05. The Morgan fingerprint density at radius 2 is 2.11 bits per heavy atom. The number of aliphatic hydroxyl groups excluding tert-OH is 1. The van der Waals surface area contributed by atoms with Crippen molar-refractivity contribution < 1.29 is 14.6 Å². The van der Waals surface area contributed by atoms with Crippen LogP contribution in [0.5, 0.6) is 11.5 Å². The number of rotatable bonds is 6. The maximum atomic E-state index is 9.33. The van der Waals surface area contributed by atoms with E-state index < -0.39 is 0 Å². The van der Waals surface area contributed by atoms with Gasteiger partial charge in [0.05, 0.1) is 14.2 Å². The fraction of sp³-hybridized carbons (Fsp3) is 0.600. The van der Waals surface area contributed by atoms with Gasteiger partial charge in [-0.2, -0.15) is 0 Å². The van der Waals surface area contributed by atoms with Crippen molar-refractivity contribution in [2.45, 2.75) is 31.8 Å². The highest BCUT2D eigenvalue weighted by Crippen LogP contribution is 2.31. The van der Waals surface area contributed by atoms with Crippen LogP contribution in [0.15, 0.2) is 18.2 Å². The van der Waals surface area contributed by atoms with Crippen molar-refractivity contribution in [2.75, 3.05) is 20.8 Å². The summed E-state index contributed by atoms with van der Waals surface area (Å²) >= 11 is 0. The van der Waals surface area contributed by atoms with Crippen LogP contribution in [-0.4, -0.2) is 32.0 Å². The highest BCUT2D eigenvalue weighted by molar-refractivity contribution is 5.46. The largest absolute Gasteiger partial charge is 0.493 e. The third-order valence-corrected chi connectivity index (χ3v) is 3.93. The monoisotopic (exact) mass is 265 g/mol. The van der Waals surface area contributed by atoms with Crippen molar-refractivity contribution in [1.29, 1.82) is 0 Å². The van der Waals surface area contributed by atoms with Crippen LogP contribution in [0.2, 0.25) is 0 Å². The van der Waals surface area contributed by atoms with Crippen molar-refractivity contribution in [1.82, 2.24) is 5.32 Å². The van der Waals surface area contributed by atoms with Crippen LogP contribution in [0.25, 0.3) is 0 Å². The van der Waals surface area contributed by atoms with Crippen molar-refractivity contribution in [3.8, 4) is 11.5 Å². The number of benzene rings is 1. The molecule has 0 saturated heterocycles. The standard InChI is InChI=1S/C15H23NO3/c1-18-14-8-4-5-11(15(14)19-2)9-16-13-7-3-6-12(13)10-17/h4-5,8,12-13,16-17H,3,6-7,9-10H2,1-2H3. The van der Waals surface area contributed by atoms with Gasteiger partial charge in [0.1, 0.15) is 0 Å². The lowest BCUT2D eigenvalue weighted by Gasteiger charge is -2.20. The average molecular weight is 265 g/mol. The Hall–Kier alpha value is -1.26. The van der Waals surface area contributed by atoms with Gasteiger partial charge >= 0.3 is 0 Å². The Balaban J connectivity index is 2.03. The number of para-hydroxylation sites is 1. The maximum Gasteiger partial charge on any atom is 0.165 e. The Morgan fingerprint density at radius 1 is 1.26 bits per heavy atom. The summed E-state index contributed by atoms with van der Waals surface area (Å²) < 4.78 is 10.7. The zero-order chi connectivity index (χ0) is 13.7. The Bertz CT molecular complexity index is 408. The lowest BCUT2D eigenvalue weighted by atomic mass is 10.0.